The third-order valence-electron chi connectivity index (χ3n) is 2.11. The first kappa shape index (κ1) is 15.0. The standard InChI is InChI=1S/C9H11BrCl2N2O2S/c1-5(4-13)17(15,16)14-9-7(11)2-6(10)3-8(9)12/h2-3,5,14H,4,13H2,1H3. The van der Waals surface area contributed by atoms with E-state index in [0.29, 0.717) is 4.47 Å². The number of benzene rings is 1. The number of nitrogens with two attached hydrogens (primary N) is 1. The molecular weight excluding hydrogens is 351 g/mol. The van der Waals surface area contributed by atoms with Gasteiger partial charge in [0.2, 0.25) is 10.0 Å². The molecule has 1 aromatic carbocycles. The predicted octanol–water partition coefficient (Wildman–Crippen LogP) is 2.84. The SMILES string of the molecule is CC(CN)S(=O)(=O)Nc1c(Cl)cc(Br)cc1Cl. The van der Waals surface area contributed by atoms with Gasteiger partial charge in [0.15, 0.2) is 0 Å². The highest BCUT2D eigenvalue weighted by Crippen LogP contribution is 2.34. The Labute approximate surface area is 119 Å². The van der Waals surface area contributed by atoms with E-state index in [-0.39, 0.29) is 22.3 Å². The van der Waals surface area contributed by atoms with Gasteiger partial charge in [-0.2, -0.15) is 0 Å². The molecule has 1 unspecified atom stereocenters. The Morgan fingerprint density at radius 2 is 1.88 bits per heavy atom. The first-order valence-electron chi connectivity index (χ1n) is 4.64. The summed E-state index contributed by atoms with van der Waals surface area (Å²) in [4.78, 5) is 0. The van der Waals surface area contributed by atoms with E-state index in [1.807, 2.05) is 0 Å². The molecule has 0 bridgehead atoms. The minimum Gasteiger partial charge on any atom is -0.329 e. The first-order chi connectivity index (χ1) is 7.77. The van der Waals surface area contributed by atoms with Crippen molar-refractivity contribution in [3.05, 3.63) is 26.7 Å². The summed E-state index contributed by atoms with van der Waals surface area (Å²) in [6.07, 6.45) is 0. The van der Waals surface area contributed by atoms with E-state index in [4.69, 9.17) is 28.9 Å². The fourth-order valence-electron chi connectivity index (χ4n) is 1.01. The molecule has 0 aliphatic rings. The van der Waals surface area contributed by atoms with E-state index in [2.05, 4.69) is 20.7 Å². The van der Waals surface area contributed by atoms with Crippen LogP contribution in [-0.4, -0.2) is 20.2 Å². The number of hydrogen-bond donors (Lipinski definition) is 2. The molecule has 1 rings (SSSR count). The maximum Gasteiger partial charge on any atom is 0.236 e. The Kier molecular flexibility index (Phi) is 5.09. The van der Waals surface area contributed by atoms with Gasteiger partial charge in [-0.05, 0) is 19.1 Å². The molecule has 0 saturated heterocycles. The average molecular weight is 362 g/mol. The second-order valence-corrected chi connectivity index (χ2v) is 7.27. The van der Waals surface area contributed by atoms with Crippen molar-refractivity contribution in [2.24, 2.45) is 5.73 Å². The summed E-state index contributed by atoms with van der Waals surface area (Å²) < 4.78 is 26.6. The Hall–Kier alpha value is -0.0100. The molecule has 0 aliphatic carbocycles. The van der Waals surface area contributed by atoms with Crippen LogP contribution >= 0.6 is 39.1 Å². The molecule has 0 aromatic heterocycles. The number of rotatable bonds is 4. The maximum atomic E-state index is 11.8. The molecule has 96 valence electrons. The van der Waals surface area contributed by atoms with Crippen LogP contribution < -0.4 is 10.5 Å². The molecule has 0 radical (unpaired) electrons. The monoisotopic (exact) mass is 360 g/mol. The van der Waals surface area contributed by atoms with Crippen LogP contribution in [0.15, 0.2) is 16.6 Å². The zero-order valence-corrected chi connectivity index (χ0v) is 12.8. The van der Waals surface area contributed by atoms with Gasteiger partial charge < -0.3 is 5.73 Å². The summed E-state index contributed by atoms with van der Waals surface area (Å²) in [6, 6.07) is 3.11. The summed E-state index contributed by atoms with van der Waals surface area (Å²) in [5.74, 6) is 0. The van der Waals surface area contributed by atoms with Crippen molar-refractivity contribution in [3.8, 4) is 0 Å². The van der Waals surface area contributed by atoms with Crippen LogP contribution in [0, 0.1) is 0 Å². The number of sulfonamides is 1. The van der Waals surface area contributed by atoms with E-state index < -0.39 is 15.3 Å². The van der Waals surface area contributed by atoms with Crippen LogP contribution in [0.2, 0.25) is 10.0 Å². The summed E-state index contributed by atoms with van der Waals surface area (Å²) in [5, 5.41) is -0.285. The molecule has 1 aromatic rings. The molecule has 0 spiro atoms. The van der Waals surface area contributed by atoms with Crippen LogP contribution in [0.5, 0.6) is 0 Å². The van der Waals surface area contributed by atoms with Gasteiger partial charge in [0.05, 0.1) is 21.0 Å². The van der Waals surface area contributed by atoms with Crippen LogP contribution in [0.4, 0.5) is 5.69 Å². The van der Waals surface area contributed by atoms with Gasteiger partial charge in [0, 0.05) is 11.0 Å². The Morgan fingerprint density at radius 1 is 1.41 bits per heavy atom. The van der Waals surface area contributed by atoms with E-state index in [1.165, 1.54) is 6.92 Å². The maximum absolute atomic E-state index is 11.8. The van der Waals surface area contributed by atoms with E-state index in [1.54, 1.807) is 12.1 Å². The highest BCUT2D eigenvalue weighted by Gasteiger charge is 2.21. The average Bonchev–Trinajstić information content (AvgIpc) is 2.22. The topological polar surface area (TPSA) is 72.2 Å². The van der Waals surface area contributed by atoms with E-state index >= 15 is 0 Å². The van der Waals surface area contributed by atoms with Crippen molar-refractivity contribution in [3.63, 3.8) is 0 Å². The van der Waals surface area contributed by atoms with Crippen LogP contribution in [0.1, 0.15) is 6.92 Å². The van der Waals surface area contributed by atoms with Gasteiger partial charge in [-0.3, -0.25) is 4.72 Å². The fraction of sp³-hybridized carbons (Fsp3) is 0.333. The third-order valence-corrected chi connectivity index (χ3v) is 4.91. The quantitative estimate of drug-likeness (QED) is 0.865. The molecule has 4 nitrogen and oxygen atoms in total. The molecule has 8 heteroatoms. The fourth-order valence-corrected chi connectivity index (χ4v) is 3.38. The molecule has 0 fully saturated rings. The molecule has 0 aliphatic heterocycles. The minimum absolute atomic E-state index is 0.0150. The molecular formula is C9H11BrCl2N2O2S. The summed E-state index contributed by atoms with van der Waals surface area (Å²) in [5.41, 5.74) is 5.48. The summed E-state index contributed by atoms with van der Waals surface area (Å²) in [7, 11) is -3.58. The van der Waals surface area contributed by atoms with Crippen molar-refractivity contribution in [1.29, 1.82) is 0 Å². The lowest BCUT2D eigenvalue weighted by Gasteiger charge is -2.15. The molecule has 0 amide bonds. The number of hydrogen-bond acceptors (Lipinski definition) is 3. The zero-order valence-electron chi connectivity index (χ0n) is 8.88. The smallest absolute Gasteiger partial charge is 0.236 e. The summed E-state index contributed by atoms with van der Waals surface area (Å²) >= 11 is 15.0. The second kappa shape index (κ2) is 5.75. The third kappa shape index (κ3) is 3.72. The Morgan fingerprint density at radius 3 is 2.29 bits per heavy atom. The molecule has 0 heterocycles. The molecule has 3 N–H and O–H groups in total. The Bertz CT molecular complexity index is 499. The van der Waals surface area contributed by atoms with Gasteiger partial charge in [0.25, 0.3) is 0 Å². The van der Waals surface area contributed by atoms with Gasteiger partial charge in [-0.15, -0.1) is 0 Å². The molecule has 1 atom stereocenters. The van der Waals surface area contributed by atoms with E-state index in [9.17, 15) is 8.42 Å². The Balaban J connectivity index is 3.13. The lowest BCUT2D eigenvalue weighted by molar-refractivity contribution is 0.589. The highest BCUT2D eigenvalue weighted by molar-refractivity contribution is 9.10. The molecule has 0 saturated carbocycles. The van der Waals surface area contributed by atoms with Crippen LogP contribution in [0.3, 0.4) is 0 Å². The molecule has 17 heavy (non-hydrogen) atoms. The van der Waals surface area contributed by atoms with Gasteiger partial charge in [0.1, 0.15) is 0 Å². The van der Waals surface area contributed by atoms with Crippen molar-refractivity contribution >= 4 is 54.8 Å². The van der Waals surface area contributed by atoms with Gasteiger partial charge in [-0.25, -0.2) is 8.42 Å². The largest absolute Gasteiger partial charge is 0.329 e. The van der Waals surface area contributed by atoms with Gasteiger partial charge >= 0.3 is 0 Å². The highest BCUT2D eigenvalue weighted by atomic mass is 79.9. The number of nitrogens with one attached hydrogen (secondary N) is 1. The van der Waals surface area contributed by atoms with E-state index in [0.717, 1.165) is 0 Å². The van der Waals surface area contributed by atoms with Crippen molar-refractivity contribution < 1.29 is 8.42 Å². The van der Waals surface area contributed by atoms with Crippen LogP contribution in [-0.2, 0) is 10.0 Å². The van der Waals surface area contributed by atoms with Crippen molar-refractivity contribution in [2.75, 3.05) is 11.3 Å². The summed E-state index contributed by atoms with van der Waals surface area (Å²) in [6.45, 7) is 1.52. The normalized spacial score (nSPS) is 13.5. The van der Waals surface area contributed by atoms with Crippen LogP contribution in [0.25, 0.3) is 0 Å². The predicted molar refractivity (Wildman–Crippen MR) is 75.2 cm³/mol. The van der Waals surface area contributed by atoms with Crippen molar-refractivity contribution in [2.45, 2.75) is 12.2 Å². The minimum atomic E-state index is -3.58. The lowest BCUT2D eigenvalue weighted by atomic mass is 10.3. The lowest BCUT2D eigenvalue weighted by Crippen LogP contribution is -2.31. The first-order valence-corrected chi connectivity index (χ1v) is 7.73. The number of anilines is 1. The van der Waals surface area contributed by atoms with Crippen molar-refractivity contribution in [1.82, 2.24) is 0 Å². The second-order valence-electron chi connectivity index (χ2n) is 3.44. The van der Waals surface area contributed by atoms with Gasteiger partial charge in [-0.1, -0.05) is 39.1 Å². The number of halogens is 3. The zero-order chi connectivity index (χ0) is 13.2.